The topological polar surface area (TPSA) is 59.6 Å². The average molecular weight is 260 g/mol. The van der Waals surface area contributed by atoms with E-state index in [2.05, 4.69) is 17.6 Å². The summed E-state index contributed by atoms with van der Waals surface area (Å²) in [6.07, 6.45) is 3.34. The highest BCUT2D eigenvalue weighted by Crippen LogP contribution is 1.93. The second-order valence-electron chi connectivity index (χ2n) is 4.44. The molecule has 18 heavy (non-hydrogen) atoms. The van der Waals surface area contributed by atoms with Crippen LogP contribution in [0.2, 0.25) is 0 Å². The number of carbonyl (C=O) groups is 1. The van der Waals surface area contributed by atoms with Crippen molar-refractivity contribution in [1.29, 1.82) is 0 Å². The van der Waals surface area contributed by atoms with Crippen molar-refractivity contribution in [2.75, 3.05) is 33.9 Å². The third-order valence-electron chi connectivity index (χ3n) is 2.81. The number of amides is 1. The van der Waals surface area contributed by atoms with Gasteiger partial charge in [0.15, 0.2) is 0 Å². The minimum Gasteiger partial charge on any atom is -0.382 e. The number of hydrogen-bond donors (Lipinski definition) is 2. The smallest absolute Gasteiger partial charge is 0.236 e. The van der Waals surface area contributed by atoms with E-state index in [4.69, 9.17) is 9.47 Å². The number of ether oxygens (including phenoxy) is 2. The molecule has 0 radical (unpaired) electrons. The molecule has 0 spiro atoms. The molecule has 0 fully saturated rings. The molecular formula is C13H28N2O3. The van der Waals surface area contributed by atoms with Crippen molar-refractivity contribution in [3.8, 4) is 0 Å². The largest absolute Gasteiger partial charge is 0.382 e. The Morgan fingerprint density at radius 2 is 2.00 bits per heavy atom. The molecule has 0 aliphatic rings. The third kappa shape index (κ3) is 8.44. The van der Waals surface area contributed by atoms with E-state index < -0.39 is 0 Å². The highest BCUT2D eigenvalue weighted by Gasteiger charge is 2.14. The Labute approximate surface area is 111 Å². The maximum absolute atomic E-state index is 11.7. The Bertz CT molecular complexity index is 212. The first-order valence-electron chi connectivity index (χ1n) is 6.68. The van der Waals surface area contributed by atoms with Gasteiger partial charge in [0.05, 0.1) is 18.8 Å². The van der Waals surface area contributed by atoms with Crippen molar-refractivity contribution < 1.29 is 14.3 Å². The fraction of sp³-hybridized carbons (Fsp3) is 0.923. The number of methoxy groups -OCH3 is 2. The van der Waals surface area contributed by atoms with Crippen LogP contribution in [-0.2, 0) is 14.3 Å². The lowest BCUT2D eigenvalue weighted by molar-refractivity contribution is -0.122. The number of rotatable bonds is 11. The van der Waals surface area contributed by atoms with Crippen LogP contribution < -0.4 is 10.6 Å². The minimum atomic E-state index is -0.207. The zero-order chi connectivity index (χ0) is 13.8. The van der Waals surface area contributed by atoms with Gasteiger partial charge in [-0.2, -0.15) is 0 Å². The van der Waals surface area contributed by atoms with Gasteiger partial charge in [0.2, 0.25) is 5.91 Å². The molecule has 0 rings (SSSR count). The zero-order valence-electron chi connectivity index (χ0n) is 12.1. The lowest BCUT2D eigenvalue weighted by Gasteiger charge is -2.19. The molecule has 0 aliphatic heterocycles. The molecule has 0 aromatic carbocycles. The molecule has 2 N–H and O–H groups in total. The lowest BCUT2D eigenvalue weighted by Crippen LogP contribution is -2.46. The van der Waals surface area contributed by atoms with Crippen molar-refractivity contribution in [3.63, 3.8) is 0 Å². The van der Waals surface area contributed by atoms with E-state index in [0.29, 0.717) is 13.2 Å². The second-order valence-corrected chi connectivity index (χ2v) is 4.44. The molecule has 0 aromatic heterocycles. The Balaban J connectivity index is 3.72. The summed E-state index contributed by atoms with van der Waals surface area (Å²) in [7, 11) is 3.27. The number of carbonyl (C=O) groups excluding carboxylic acids is 1. The van der Waals surface area contributed by atoms with Crippen LogP contribution in [0.4, 0.5) is 0 Å². The molecule has 108 valence electrons. The Kier molecular flexibility index (Phi) is 11.0. The maximum Gasteiger partial charge on any atom is 0.236 e. The van der Waals surface area contributed by atoms with E-state index >= 15 is 0 Å². The monoisotopic (exact) mass is 260 g/mol. The van der Waals surface area contributed by atoms with Gasteiger partial charge in [-0.3, -0.25) is 4.79 Å². The SMILES string of the molecule is CCCCCNC(=O)C(C)NCC(COC)OC. The summed E-state index contributed by atoms with van der Waals surface area (Å²) in [5.74, 6) is 0.0402. The first-order chi connectivity index (χ1) is 8.65. The quantitative estimate of drug-likeness (QED) is 0.543. The van der Waals surface area contributed by atoms with Crippen LogP contribution in [0.15, 0.2) is 0 Å². The summed E-state index contributed by atoms with van der Waals surface area (Å²) in [6, 6.07) is -0.207. The highest BCUT2D eigenvalue weighted by molar-refractivity contribution is 5.81. The predicted molar refractivity (Wildman–Crippen MR) is 72.7 cm³/mol. The standard InChI is InChI=1S/C13H28N2O3/c1-5-6-7-8-14-13(16)11(2)15-9-12(18-4)10-17-3/h11-12,15H,5-10H2,1-4H3,(H,14,16). The molecule has 2 unspecified atom stereocenters. The number of unbranched alkanes of at least 4 members (excludes halogenated alkanes) is 2. The van der Waals surface area contributed by atoms with Crippen LogP contribution in [0.3, 0.4) is 0 Å². The van der Waals surface area contributed by atoms with Gasteiger partial charge in [-0.1, -0.05) is 19.8 Å². The lowest BCUT2D eigenvalue weighted by atomic mass is 10.2. The van der Waals surface area contributed by atoms with E-state index in [0.717, 1.165) is 25.8 Å². The third-order valence-corrected chi connectivity index (χ3v) is 2.81. The summed E-state index contributed by atoms with van der Waals surface area (Å²) in [6.45, 7) is 5.88. The van der Waals surface area contributed by atoms with Gasteiger partial charge in [-0.15, -0.1) is 0 Å². The van der Waals surface area contributed by atoms with Crippen molar-refractivity contribution in [2.24, 2.45) is 0 Å². The van der Waals surface area contributed by atoms with E-state index in [1.54, 1.807) is 14.2 Å². The molecule has 5 nitrogen and oxygen atoms in total. The molecule has 0 saturated heterocycles. The zero-order valence-corrected chi connectivity index (χ0v) is 12.1. The molecule has 2 atom stereocenters. The van der Waals surface area contributed by atoms with Crippen molar-refractivity contribution in [1.82, 2.24) is 10.6 Å². The van der Waals surface area contributed by atoms with Crippen molar-refractivity contribution in [3.05, 3.63) is 0 Å². The van der Waals surface area contributed by atoms with E-state index in [-0.39, 0.29) is 18.1 Å². The van der Waals surface area contributed by atoms with E-state index in [9.17, 15) is 4.79 Å². The second kappa shape index (κ2) is 11.4. The Morgan fingerprint density at radius 3 is 2.56 bits per heavy atom. The molecule has 1 amide bonds. The number of nitrogens with one attached hydrogen (secondary N) is 2. The number of hydrogen-bond acceptors (Lipinski definition) is 4. The van der Waals surface area contributed by atoms with Crippen molar-refractivity contribution >= 4 is 5.91 Å². The predicted octanol–water partition coefficient (Wildman–Crippen LogP) is 0.932. The first kappa shape index (κ1) is 17.4. The van der Waals surface area contributed by atoms with Crippen LogP contribution >= 0.6 is 0 Å². The fourth-order valence-corrected chi connectivity index (χ4v) is 1.54. The summed E-state index contributed by atoms with van der Waals surface area (Å²) in [5, 5.41) is 6.06. The highest BCUT2D eigenvalue weighted by atomic mass is 16.5. The van der Waals surface area contributed by atoms with Gasteiger partial charge in [0.1, 0.15) is 0 Å². The molecule has 0 bridgehead atoms. The Morgan fingerprint density at radius 1 is 1.28 bits per heavy atom. The molecule has 5 heteroatoms. The van der Waals surface area contributed by atoms with E-state index in [1.807, 2.05) is 6.92 Å². The van der Waals surface area contributed by atoms with E-state index in [1.165, 1.54) is 0 Å². The molecular weight excluding hydrogens is 232 g/mol. The average Bonchev–Trinajstić information content (AvgIpc) is 2.38. The van der Waals surface area contributed by atoms with Crippen LogP contribution in [0.25, 0.3) is 0 Å². The molecule has 0 heterocycles. The molecule has 0 saturated carbocycles. The first-order valence-corrected chi connectivity index (χ1v) is 6.68. The van der Waals surface area contributed by atoms with Gasteiger partial charge in [0.25, 0.3) is 0 Å². The van der Waals surface area contributed by atoms with Crippen molar-refractivity contribution in [2.45, 2.75) is 45.3 Å². The van der Waals surface area contributed by atoms with Crippen LogP contribution in [0, 0.1) is 0 Å². The fourth-order valence-electron chi connectivity index (χ4n) is 1.54. The van der Waals surface area contributed by atoms with Crippen LogP contribution in [0.5, 0.6) is 0 Å². The molecule has 0 aromatic rings. The maximum atomic E-state index is 11.7. The van der Waals surface area contributed by atoms with Gasteiger partial charge >= 0.3 is 0 Å². The van der Waals surface area contributed by atoms with Crippen LogP contribution in [-0.4, -0.2) is 52.0 Å². The normalized spacial score (nSPS) is 14.2. The Hall–Kier alpha value is -0.650. The van der Waals surface area contributed by atoms with Crippen LogP contribution in [0.1, 0.15) is 33.1 Å². The van der Waals surface area contributed by atoms with Gasteiger partial charge in [-0.05, 0) is 13.3 Å². The summed E-state index contributed by atoms with van der Waals surface area (Å²) >= 11 is 0. The van der Waals surface area contributed by atoms with Gasteiger partial charge in [0, 0.05) is 27.3 Å². The van der Waals surface area contributed by atoms with Gasteiger partial charge < -0.3 is 20.1 Å². The molecule has 0 aliphatic carbocycles. The summed E-state index contributed by atoms with van der Waals surface area (Å²) < 4.78 is 10.2. The summed E-state index contributed by atoms with van der Waals surface area (Å²) in [4.78, 5) is 11.7. The van der Waals surface area contributed by atoms with Gasteiger partial charge in [-0.25, -0.2) is 0 Å². The minimum absolute atomic E-state index is 0.0228. The summed E-state index contributed by atoms with van der Waals surface area (Å²) in [5.41, 5.74) is 0.